The molecular formula is C32H36F2N4O4. The van der Waals surface area contributed by atoms with Gasteiger partial charge in [-0.15, -0.1) is 0 Å². The minimum atomic E-state index is -0.949. The van der Waals surface area contributed by atoms with Crippen LogP contribution in [-0.2, 0) is 25.6 Å². The summed E-state index contributed by atoms with van der Waals surface area (Å²) in [5.41, 5.74) is 4.96. The Balaban J connectivity index is 1.40. The highest BCUT2D eigenvalue weighted by Gasteiger charge is 2.37. The number of rotatable bonds is 10. The van der Waals surface area contributed by atoms with Crippen LogP contribution in [0.25, 0.3) is 11.3 Å². The molecule has 0 saturated carbocycles. The smallest absolute Gasteiger partial charge is 0.219 e. The molecule has 2 aliphatic rings. The van der Waals surface area contributed by atoms with Gasteiger partial charge in [-0.2, -0.15) is 10.2 Å². The van der Waals surface area contributed by atoms with Crippen molar-refractivity contribution in [2.75, 3.05) is 39.9 Å². The Labute approximate surface area is 244 Å². The Bertz CT molecular complexity index is 1470. The van der Waals surface area contributed by atoms with Crippen LogP contribution < -0.4 is 0 Å². The van der Waals surface area contributed by atoms with Crippen molar-refractivity contribution in [2.45, 2.75) is 39.2 Å². The summed E-state index contributed by atoms with van der Waals surface area (Å²) >= 11 is 0. The van der Waals surface area contributed by atoms with E-state index in [2.05, 4.69) is 0 Å². The summed E-state index contributed by atoms with van der Waals surface area (Å²) in [5.74, 6) is -2.10. The number of methoxy groups -OCH3 is 1. The molecule has 2 aromatic carbocycles. The molecule has 8 nitrogen and oxygen atoms in total. The van der Waals surface area contributed by atoms with Crippen LogP contribution in [0.3, 0.4) is 0 Å². The molecule has 0 spiro atoms. The van der Waals surface area contributed by atoms with E-state index in [1.165, 1.54) is 6.07 Å². The molecule has 0 bridgehead atoms. The first-order valence-corrected chi connectivity index (χ1v) is 14.2. The summed E-state index contributed by atoms with van der Waals surface area (Å²) in [5, 5.41) is 6.68. The van der Waals surface area contributed by atoms with E-state index >= 15 is 0 Å². The lowest BCUT2D eigenvalue weighted by molar-refractivity contribution is -0.155. The molecule has 0 aliphatic carbocycles. The fraction of sp³-hybridized carbons (Fsp3) is 0.406. The molecule has 1 saturated heterocycles. The van der Waals surface area contributed by atoms with Crippen molar-refractivity contribution in [1.29, 1.82) is 0 Å². The van der Waals surface area contributed by atoms with Gasteiger partial charge in [-0.05, 0) is 54.3 Å². The van der Waals surface area contributed by atoms with Crippen molar-refractivity contribution in [3.8, 4) is 5.69 Å². The van der Waals surface area contributed by atoms with Crippen molar-refractivity contribution < 1.29 is 27.9 Å². The first-order valence-electron chi connectivity index (χ1n) is 14.2. The zero-order valence-corrected chi connectivity index (χ0v) is 24.2. The molecule has 0 N–H and O–H groups in total. The van der Waals surface area contributed by atoms with Crippen molar-refractivity contribution in [1.82, 2.24) is 19.7 Å². The highest BCUT2D eigenvalue weighted by Crippen LogP contribution is 2.37. The number of carbonyl (C=O) groups excluding carboxylic acids is 2. The number of aromatic nitrogens is 2. The molecule has 42 heavy (non-hydrogen) atoms. The highest BCUT2D eigenvalue weighted by atomic mass is 19.2. The largest absolute Gasteiger partial charge is 0.383 e. The average molecular weight is 579 g/mol. The molecule has 3 heterocycles. The van der Waals surface area contributed by atoms with E-state index in [1.807, 2.05) is 48.0 Å². The van der Waals surface area contributed by atoms with Gasteiger partial charge in [-0.25, -0.2) is 13.5 Å². The number of hydrogen-bond acceptors (Lipinski definition) is 6. The van der Waals surface area contributed by atoms with Crippen molar-refractivity contribution in [3.05, 3.63) is 88.8 Å². The van der Waals surface area contributed by atoms with Gasteiger partial charge in [0.25, 0.3) is 0 Å². The molecule has 3 aromatic rings. The van der Waals surface area contributed by atoms with Crippen LogP contribution in [-0.4, -0.2) is 71.3 Å². The summed E-state index contributed by atoms with van der Waals surface area (Å²) in [6.07, 6.45) is 2.48. The number of Topliss-reactive ketones (excluding diaryl/α,β-unsaturated/α-hetero) is 1. The number of ketones is 1. The summed E-state index contributed by atoms with van der Waals surface area (Å²) in [4.78, 5) is 33.4. The third-order valence-corrected chi connectivity index (χ3v) is 8.00. The maximum Gasteiger partial charge on any atom is 0.219 e. The highest BCUT2D eigenvalue weighted by molar-refractivity contribution is 5.82. The van der Waals surface area contributed by atoms with E-state index in [4.69, 9.17) is 14.7 Å². The Morgan fingerprint density at radius 2 is 1.90 bits per heavy atom. The lowest BCUT2D eigenvalue weighted by atomic mass is 9.90. The predicted octanol–water partition coefficient (Wildman–Crippen LogP) is 4.85. The van der Waals surface area contributed by atoms with Crippen LogP contribution in [0.4, 0.5) is 8.78 Å². The number of hydrogen-bond donors (Lipinski definition) is 0. The maximum absolute atomic E-state index is 14.1. The fourth-order valence-corrected chi connectivity index (χ4v) is 5.73. The number of para-hydroxylation sites is 1. The number of amides is 1. The van der Waals surface area contributed by atoms with Gasteiger partial charge in [0.1, 0.15) is 11.9 Å². The van der Waals surface area contributed by atoms with Crippen LogP contribution in [0.5, 0.6) is 0 Å². The van der Waals surface area contributed by atoms with Crippen LogP contribution in [0.2, 0.25) is 0 Å². The monoisotopic (exact) mass is 578 g/mol. The van der Waals surface area contributed by atoms with E-state index in [0.717, 1.165) is 40.3 Å². The van der Waals surface area contributed by atoms with E-state index < -0.39 is 17.7 Å². The van der Waals surface area contributed by atoms with Crippen molar-refractivity contribution in [2.24, 2.45) is 5.92 Å². The van der Waals surface area contributed by atoms with Gasteiger partial charge in [0.2, 0.25) is 5.91 Å². The first-order chi connectivity index (χ1) is 20.2. The summed E-state index contributed by atoms with van der Waals surface area (Å²) < 4.78 is 34.8. The number of benzene rings is 2. The molecule has 2 aliphatic heterocycles. The SMILES string of the molecule is COCCN1C[C@H](CC(=O)Cc2c(C)c(C3=CCN(C(C)=O)CC3)nn2-c2ccccc2)[C@@H](c2ccc(F)c(F)c2)O1. The van der Waals surface area contributed by atoms with Gasteiger partial charge >= 0.3 is 0 Å². The number of carbonyl (C=O) groups is 2. The fourth-order valence-electron chi connectivity index (χ4n) is 5.73. The van der Waals surface area contributed by atoms with Gasteiger partial charge in [-0.3, -0.25) is 14.4 Å². The van der Waals surface area contributed by atoms with E-state index in [1.54, 1.807) is 24.0 Å². The van der Waals surface area contributed by atoms with Crippen LogP contribution in [0.1, 0.15) is 48.4 Å². The number of halogens is 2. The molecule has 1 amide bonds. The molecule has 2 atom stereocenters. The minimum Gasteiger partial charge on any atom is -0.383 e. The second-order valence-electron chi connectivity index (χ2n) is 10.9. The van der Waals surface area contributed by atoms with E-state index in [-0.39, 0.29) is 30.4 Å². The molecule has 0 unspecified atom stereocenters. The van der Waals surface area contributed by atoms with Gasteiger partial charge in [-0.1, -0.05) is 30.3 Å². The molecule has 5 rings (SSSR count). The quantitative estimate of drug-likeness (QED) is 0.343. The van der Waals surface area contributed by atoms with E-state index in [9.17, 15) is 18.4 Å². The standard InChI is InChI=1S/C32H36F2N4O4/c1-21-30(38(26-7-5-4-6-8-26)35-31(21)23-11-13-36(14-12-23)22(2)39)19-27(40)17-25-20-37(15-16-41-3)42-32(25)24-9-10-28(33)29(34)18-24/h4-11,18,25,32H,12-17,19-20H2,1-3H3/t25-,32+/m0/s1. The number of nitrogens with zero attached hydrogens (tertiary/aromatic N) is 4. The second kappa shape index (κ2) is 13.1. The van der Waals surface area contributed by atoms with Gasteiger partial charge < -0.3 is 9.64 Å². The van der Waals surface area contributed by atoms with Gasteiger partial charge in [0.05, 0.1) is 23.7 Å². The zero-order chi connectivity index (χ0) is 29.8. The van der Waals surface area contributed by atoms with Crippen LogP contribution in [0.15, 0.2) is 54.6 Å². The molecular weight excluding hydrogens is 542 g/mol. The topological polar surface area (TPSA) is 76.9 Å². The van der Waals surface area contributed by atoms with Crippen molar-refractivity contribution in [3.63, 3.8) is 0 Å². The number of hydroxylamine groups is 2. The molecule has 0 radical (unpaired) electrons. The normalized spacial score (nSPS) is 19.3. The number of ether oxygens (including phenoxy) is 1. The Morgan fingerprint density at radius 3 is 2.57 bits per heavy atom. The van der Waals surface area contributed by atoms with Crippen molar-refractivity contribution >= 4 is 17.3 Å². The molecule has 222 valence electrons. The third kappa shape index (κ3) is 6.51. The molecule has 1 fully saturated rings. The van der Waals surface area contributed by atoms with E-state index in [0.29, 0.717) is 44.8 Å². The maximum atomic E-state index is 14.1. The Kier molecular flexibility index (Phi) is 9.25. The lowest BCUT2D eigenvalue weighted by Crippen LogP contribution is -2.32. The predicted molar refractivity (Wildman–Crippen MR) is 154 cm³/mol. The van der Waals surface area contributed by atoms with Crippen LogP contribution >= 0.6 is 0 Å². The molecule has 1 aromatic heterocycles. The minimum absolute atomic E-state index is 0.00288. The van der Waals surface area contributed by atoms with Gasteiger partial charge in [0.15, 0.2) is 11.6 Å². The third-order valence-electron chi connectivity index (χ3n) is 8.00. The van der Waals surface area contributed by atoms with Gasteiger partial charge in [0, 0.05) is 59.0 Å². The average Bonchev–Trinajstić information content (AvgIpc) is 3.54. The second-order valence-corrected chi connectivity index (χ2v) is 10.9. The molecule has 10 heteroatoms. The summed E-state index contributed by atoms with van der Waals surface area (Å²) in [6.45, 7) is 6.09. The van der Waals surface area contributed by atoms with Crippen LogP contribution in [0, 0.1) is 24.5 Å². The zero-order valence-electron chi connectivity index (χ0n) is 24.2. The summed E-state index contributed by atoms with van der Waals surface area (Å²) in [6, 6.07) is 13.4. The lowest BCUT2D eigenvalue weighted by Gasteiger charge is -2.24. The first kappa shape index (κ1) is 29.8. The summed E-state index contributed by atoms with van der Waals surface area (Å²) in [7, 11) is 1.60. The Morgan fingerprint density at radius 1 is 1.12 bits per heavy atom. The Hall–Kier alpha value is -3.73.